The van der Waals surface area contributed by atoms with Crippen molar-refractivity contribution in [1.29, 1.82) is 0 Å². The zero-order valence-electron chi connectivity index (χ0n) is 13.7. The predicted octanol–water partition coefficient (Wildman–Crippen LogP) is 4.07. The molecule has 1 aromatic carbocycles. The van der Waals surface area contributed by atoms with Crippen LogP contribution in [0.4, 0.5) is 0 Å². The maximum absolute atomic E-state index is 6.18. The van der Waals surface area contributed by atoms with Gasteiger partial charge >= 0.3 is 0 Å². The molecule has 0 aromatic heterocycles. The van der Waals surface area contributed by atoms with Gasteiger partial charge < -0.3 is 10.5 Å². The Hall–Kier alpha value is -1.02. The van der Waals surface area contributed by atoms with E-state index in [0.717, 1.165) is 12.3 Å². The van der Waals surface area contributed by atoms with Crippen LogP contribution >= 0.6 is 0 Å². The molecule has 0 saturated heterocycles. The molecule has 1 saturated carbocycles. The van der Waals surface area contributed by atoms with Crippen molar-refractivity contribution in [2.24, 2.45) is 5.73 Å². The highest BCUT2D eigenvalue weighted by molar-refractivity contribution is 5.51. The minimum Gasteiger partial charge on any atom is -0.496 e. The molecule has 20 heavy (non-hydrogen) atoms. The first kappa shape index (κ1) is 15.4. The second kappa shape index (κ2) is 5.40. The van der Waals surface area contributed by atoms with Gasteiger partial charge in [0.2, 0.25) is 0 Å². The van der Waals surface area contributed by atoms with E-state index in [9.17, 15) is 0 Å². The summed E-state index contributed by atoms with van der Waals surface area (Å²) in [5, 5.41) is 0. The molecule has 0 atom stereocenters. The first-order valence-corrected chi connectivity index (χ1v) is 7.74. The summed E-state index contributed by atoms with van der Waals surface area (Å²) >= 11 is 0. The number of ether oxygens (including phenoxy) is 1. The van der Waals surface area contributed by atoms with Gasteiger partial charge in [0.15, 0.2) is 0 Å². The molecule has 0 radical (unpaired) electrons. The standard InChI is InChI=1S/C18H29NO/c1-13-10-14(17(2,3)4)16(20-5)15(11-13)18(12-19)8-6-7-9-18/h10-11H,6-9,12,19H2,1-5H3. The third-order valence-electron chi connectivity index (χ3n) is 4.77. The smallest absolute Gasteiger partial charge is 0.126 e. The molecule has 1 aliphatic carbocycles. The van der Waals surface area contributed by atoms with Crippen LogP contribution in [-0.2, 0) is 10.8 Å². The number of methoxy groups -OCH3 is 1. The Morgan fingerprint density at radius 1 is 1.20 bits per heavy atom. The molecule has 0 spiro atoms. The van der Waals surface area contributed by atoms with Gasteiger partial charge in [0.25, 0.3) is 0 Å². The van der Waals surface area contributed by atoms with Crippen LogP contribution in [0, 0.1) is 6.92 Å². The van der Waals surface area contributed by atoms with Crippen molar-refractivity contribution >= 4 is 0 Å². The van der Waals surface area contributed by atoms with Crippen molar-refractivity contribution in [2.45, 2.75) is 64.2 Å². The summed E-state index contributed by atoms with van der Waals surface area (Å²) in [6, 6.07) is 4.56. The number of hydrogen-bond donors (Lipinski definition) is 1. The summed E-state index contributed by atoms with van der Waals surface area (Å²) < 4.78 is 5.84. The normalized spacial score (nSPS) is 18.3. The van der Waals surface area contributed by atoms with E-state index in [-0.39, 0.29) is 10.8 Å². The first-order valence-electron chi connectivity index (χ1n) is 7.74. The van der Waals surface area contributed by atoms with E-state index >= 15 is 0 Å². The lowest BCUT2D eigenvalue weighted by Gasteiger charge is -2.33. The Labute approximate surface area is 123 Å². The maximum atomic E-state index is 6.18. The first-order chi connectivity index (χ1) is 9.34. The highest BCUT2D eigenvalue weighted by Gasteiger charge is 2.38. The number of nitrogens with two attached hydrogens (primary N) is 1. The molecule has 0 aliphatic heterocycles. The van der Waals surface area contributed by atoms with Crippen LogP contribution in [0.3, 0.4) is 0 Å². The monoisotopic (exact) mass is 275 g/mol. The van der Waals surface area contributed by atoms with E-state index in [1.54, 1.807) is 7.11 Å². The van der Waals surface area contributed by atoms with E-state index in [1.807, 2.05) is 0 Å². The van der Waals surface area contributed by atoms with Crippen molar-refractivity contribution in [1.82, 2.24) is 0 Å². The van der Waals surface area contributed by atoms with Gasteiger partial charge in [-0.05, 0) is 25.2 Å². The van der Waals surface area contributed by atoms with Gasteiger partial charge in [-0.2, -0.15) is 0 Å². The second-order valence-electron chi connectivity index (χ2n) is 7.33. The summed E-state index contributed by atoms with van der Waals surface area (Å²) in [7, 11) is 1.79. The fourth-order valence-corrected chi connectivity index (χ4v) is 3.58. The highest BCUT2D eigenvalue weighted by atomic mass is 16.5. The van der Waals surface area contributed by atoms with Crippen LogP contribution in [0.5, 0.6) is 5.75 Å². The molecule has 1 aliphatic rings. The molecule has 1 aromatic rings. The van der Waals surface area contributed by atoms with E-state index in [4.69, 9.17) is 10.5 Å². The molecule has 1 fully saturated rings. The van der Waals surface area contributed by atoms with Gasteiger partial charge in [0, 0.05) is 23.1 Å². The van der Waals surface area contributed by atoms with Gasteiger partial charge in [-0.15, -0.1) is 0 Å². The van der Waals surface area contributed by atoms with Crippen LogP contribution in [0.1, 0.15) is 63.1 Å². The third-order valence-corrected chi connectivity index (χ3v) is 4.77. The zero-order chi connectivity index (χ0) is 15.0. The summed E-state index contributed by atoms with van der Waals surface area (Å²) in [6.07, 6.45) is 4.93. The predicted molar refractivity (Wildman–Crippen MR) is 85.6 cm³/mol. The van der Waals surface area contributed by atoms with Gasteiger partial charge in [-0.1, -0.05) is 51.3 Å². The Kier molecular flexibility index (Phi) is 4.15. The minimum absolute atomic E-state index is 0.0838. The Morgan fingerprint density at radius 3 is 2.25 bits per heavy atom. The van der Waals surface area contributed by atoms with Crippen molar-refractivity contribution in [2.75, 3.05) is 13.7 Å². The fourth-order valence-electron chi connectivity index (χ4n) is 3.58. The van der Waals surface area contributed by atoms with Gasteiger partial charge in [0.05, 0.1) is 7.11 Å². The number of benzene rings is 1. The Morgan fingerprint density at radius 2 is 1.80 bits per heavy atom. The van der Waals surface area contributed by atoms with Crippen LogP contribution in [0.25, 0.3) is 0 Å². The molecule has 0 bridgehead atoms. The third kappa shape index (κ3) is 2.58. The van der Waals surface area contributed by atoms with Crippen LogP contribution in [-0.4, -0.2) is 13.7 Å². The summed E-state index contributed by atoms with van der Waals surface area (Å²) in [6.45, 7) is 9.64. The lowest BCUT2D eigenvalue weighted by Crippen LogP contribution is -2.33. The quantitative estimate of drug-likeness (QED) is 0.902. The number of aryl methyl sites for hydroxylation is 1. The number of rotatable bonds is 3. The van der Waals surface area contributed by atoms with Gasteiger partial charge in [-0.3, -0.25) is 0 Å². The Balaban J connectivity index is 2.66. The van der Waals surface area contributed by atoms with Crippen molar-refractivity contribution in [3.63, 3.8) is 0 Å². The number of hydrogen-bond acceptors (Lipinski definition) is 2. The van der Waals surface area contributed by atoms with Crippen molar-refractivity contribution in [3.05, 3.63) is 28.8 Å². The molecular formula is C18H29NO. The van der Waals surface area contributed by atoms with Crippen molar-refractivity contribution in [3.8, 4) is 5.75 Å². The summed E-state index contributed by atoms with van der Waals surface area (Å²) in [5.74, 6) is 1.07. The maximum Gasteiger partial charge on any atom is 0.126 e. The topological polar surface area (TPSA) is 35.2 Å². The second-order valence-corrected chi connectivity index (χ2v) is 7.33. The lowest BCUT2D eigenvalue weighted by atomic mass is 9.74. The van der Waals surface area contributed by atoms with Crippen LogP contribution in [0.15, 0.2) is 12.1 Å². The van der Waals surface area contributed by atoms with E-state index in [1.165, 1.54) is 42.4 Å². The molecule has 2 N–H and O–H groups in total. The molecule has 2 rings (SSSR count). The highest BCUT2D eigenvalue weighted by Crippen LogP contribution is 2.47. The summed E-state index contributed by atoms with van der Waals surface area (Å²) in [5.41, 5.74) is 10.3. The van der Waals surface area contributed by atoms with E-state index in [2.05, 4.69) is 39.8 Å². The fraction of sp³-hybridized carbons (Fsp3) is 0.667. The molecule has 112 valence electrons. The van der Waals surface area contributed by atoms with Crippen LogP contribution in [0.2, 0.25) is 0 Å². The molecule has 0 unspecified atom stereocenters. The lowest BCUT2D eigenvalue weighted by molar-refractivity contribution is 0.365. The molecule has 0 heterocycles. The SMILES string of the molecule is COc1c(C(C)(C)C)cc(C)cc1C1(CN)CCCC1. The average Bonchev–Trinajstić information content (AvgIpc) is 2.86. The minimum atomic E-state index is 0.0838. The molecule has 2 nitrogen and oxygen atoms in total. The Bertz CT molecular complexity index is 479. The largest absolute Gasteiger partial charge is 0.496 e. The summed E-state index contributed by atoms with van der Waals surface area (Å²) in [4.78, 5) is 0. The van der Waals surface area contributed by atoms with Crippen molar-refractivity contribution < 1.29 is 4.74 Å². The van der Waals surface area contributed by atoms with Gasteiger partial charge in [-0.25, -0.2) is 0 Å². The van der Waals surface area contributed by atoms with Gasteiger partial charge in [0.1, 0.15) is 5.75 Å². The average molecular weight is 275 g/mol. The molecule has 2 heteroatoms. The zero-order valence-corrected chi connectivity index (χ0v) is 13.7. The van der Waals surface area contributed by atoms with E-state index < -0.39 is 0 Å². The molecule has 0 amide bonds. The van der Waals surface area contributed by atoms with Crippen LogP contribution < -0.4 is 10.5 Å². The molecular weight excluding hydrogens is 246 g/mol. The van der Waals surface area contributed by atoms with E-state index in [0.29, 0.717) is 0 Å².